The average Bonchev–Trinajstić information content (AvgIpc) is 3.12. The van der Waals surface area contributed by atoms with E-state index in [1.807, 2.05) is 6.92 Å². The number of thiazole rings is 1. The number of amides is 1. The van der Waals surface area contributed by atoms with E-state index in [1.165, 1.54) is 30.6 Å². The van der Waals surface area contributed by atoms with Crippen LogP contribution in [0.25, 0.3) is 11.3 Å². The number of nitrogens with zero attached hydrogens (tertiary/aromatic N) is 1. The van der Waals surface area contributed by atoms with Gasteiger partial charge in [0.05, 0.1) is 12.8 Å². The predicted octanol–water partition coefficient (Wildman–Crippen LogP) is 5.05. The molecule has 2 N–H and O–H groups in total. The van der Waals surface area contributed by atoms with Crippen LogP contribution < -0.4 is 15.4 Å². The molecule has 1 amide bonds. The van der Waals surface area contributed by atoms with Gasteiger partial charge in [0.25, 0.3) is 5.91 Å². The molecule has 0 bridgehead atoms. The SMILES string of the molecule is COc1ccc(-c2csc(NC(=S)NC(=O)c3ccc(C)c(Cl)c3)n2)cc1F. The van der Waals surface area contributed by atoms with Crippen LogP contribution in [0.5, 0.6) is 5.75 Å². The second-order valence-electron chi connectivity index (χ2n) is 5.76. The van der Waals surface area contributed by atoms with Gasteiger partial charge in [0.2, 0.25) is 0 Å². The average molecular weight is 436 g/mol. The number of thiocarbonyl (C=S) groups is 1. The van der Waals surface area contributed by atoms with Gasteiger partial charge in [0.1, 0.15) is 0 Å². The quantitative estimate of drug-likeness (QED) is 0.562. The van der Waals surface area contributed by atoms with Crippen molar-refractivity contribution in [2.75, 3.05) is 12.4 Å². The summed E-state index contributed by atoms with van der Waals surface area (Å²) >= 11 is 12.5. The Hall–Kier alpha value is -2.55. The molecule has 144 valence electrons. The molecule has 2 aromatic carbocycles. The van der Waals surface area contributed by atoms with E-state index in [0.717, 1.165) is 5.56 Å². The molecular formula is C19H15ClFN3O2S2. The number of halogens is 2. The van der Waals surface area contributed by atoms with E-state index < -0.39 is 5.82 Å². The number of ether oxygens (including phenoxy) is 1. The molecule has 0 spiro atoms. The van der Waals surface area contributed by atoms with E-state index in [4.69, 9.17) is 28.6 Å². The molecule has 0 aliphatic rings. The lowest BCUT2D eigenvalue weighted by Gasteiger charge is -2.08. The lowest BCUT2D eigenvalue weighted by molar-refractivity contribution is 0.0977. The Morgan fingerprint density at radius 1 is 1.29 bits per heavy atom. The van der Waals surface area contributed by atoms with E-state index in [2.05, 4.69) is 15.6 Å². The van der Waals surface area contributed by atoms with Crippen molar-refractivity contribution >= 4 is 51.3 Å². The van der Waals surface area contributed by atoms with Crippen LogP contribution in [-0.4, -0.2) is 23.1 Å². The lowest BCUT2D eigenvalue weighted by atomic mass is 10.1. The van der Waals surface area contributed by atoms with Gasteiger partial charge in [0, 0.05) is 21.5 Å². The molecule has 3 aromatic rings. The van der Waals surface area contributed by atoms with Crippen LogP contribution in [0.1, 0.15) is 15.9 Å². The number of anilines is 1. The Bertz CT molecular complexity index is 1060. The van der Waals surface area contributed by atoms with Gasteiger partial charge < -0.3 is 10.1 Å². The van der Waals surface area contributed by atoms with Crippen LogP contribution in [0.15, 0.2) is 41.8 Å². The Labute approximate surface area is 175 Å². The minimum Gasteiger partial charge on any atom is -0.494 e. The monoisotopic (exact) mass is 435 g/mol. The van der Waals surface area contributed by atoms with Gasteiger partial charge in [0.15, 0.2) is 21.8 Å². The van der Waals surface area contributed by atoms with Crippen molar-refractivity contribution in [1.82, 2.24) is 10.3 Å². The maximum Gasteiger partial charge on any atom is 0.257 e. The summed E-state index contributed by atoms with van der Waals surface area (Å²) in [6.45, 7) is 1.85. The highest BCUT2D eigenvalue weighted by atomic mass is 35.5. The van der Waals surface area contributed by atoms with Crippen LogP contribution in [0.4, 0.5) is 9.52 Å². The molecule has 9 heteroatoms. The van der Waals surface area contributed by atoms with Crippen LogP contribution in [-0.2, 0) is 0 Å². The van der Waals surface area contributed by atoms with E-state index in [0.29, 0.717) is 27.0 Å². The summed E-state index contributed by atoms with van der Waals surface area (Å²) in [6, 6.07) is 9.60. The van der Waals surface area contributed by atoms with Crippen LogP contribution in [0, 0.1) is 12.7 Å². The van der Waals surface area contributed by atoms with Gasteiger partial charge >= 0.3 is 0 Å². The molecule has 1 heterocycles. The first-order chi connectivity index (χ1) is 13.4. The first kappa shape index (κ1) is 20.2. The highest BCUT2D eigenvalue weighted by Gasteiger charge is 2.12. The second kappa shape index (κ2) is 8.64. The summed E-state index contributed by atoms with van der Waals surface area (Å²) in [7, 11) is 1.41. The molecule has 28 heavy (non-hydrogen) atoms. The Balaban J connectivity index is 1.66. The summed E-state index contributed by atoms with van der Waals surface area (Å²) in [5, 5.41) is 8.26. The fraction of sp³-hybridized carbons (Fsp3) is 0.105. The van der Waals surface area contributed by atoms with Crippen molar-refractivity contribution in [3.05, 3.63) is 63.7 Å². The van der Waals surface area contributed by atoms with Crippen molar-refractivity contribution in [3.63, 3.8) is 0 Å². The fourth-order valence-corrected chi connectivity index (χ4v) is 3.49. The molecule has 0 fully saturated rings. The summed E-state index contributed by atoms with van der Waals surface area (Å²) in [5.41, 5.74) is 2.46. The number of nitrogens with one attached hydrogen (secondary N) is 2. The maximum atomic E-state index is 13.9. The van der Waals surface area contributed by atoms with Crippen LogP contribution >= 0.6 is 35.2 Å². The van der Waals surface area contributed by atoms with Gasteiger partial charge in [-0.25, -0.2) is 9.37 Å². The lowest BCUT2D eigenvalue weighted by Crippen LogP contribution is -2.34. The Morgan fingerprint density at radius 2 is 2.07 bits per heavy atom. The van der Waals surface area contributed by atoms with Gasteiger partial charge in [-0.2, -0.15) is 0 Å². The largest absolute Gasteiger partial charge is 0.494 e. The van der Waals surface area contributed by atoms with Gasteiger partial charge in [-0.3, -0.25) is 10.1 Å². The third-order valence-corrected chi connectivity index (χ3v) is 5.20. The van der Waals surface area contributed by atoms with Crippen molar-refractivity contribution in [3.8, 4) is 17.0 Å². The van der Waals surface area contributed by atoms with Gasteiger partial charge in [-0.1, -0.05) is 17.7 Å². The van der Waals surface area contributed by atoms with E-state index in [-0.39, 0.29) is 16.8 Å². The topological polar surface area (TPSA) is 63.2 Å². The van der Waals surface area contributed by atoms with E-state index in [1.54, 1.807) is 29.6 Å². The zero-order chi connectivity index (χ0) is 20.3. The number of aryl methyl sites for hydroxylation is 1. The highest BCUT2D eigenvalue weighted by Crippen LogP contribution is 2.28. The molecular weight excluding hydrogens is 421 g/mol. The van der Waals surface area contributed by atoms with Crippen molar-refractivity contribution in [2.45, 2.75) is 6.92 Å². The third-order valence-electron chi connectivity index (χ3n) is 3.83. The van der Waals surface area contributed by atoms with Crippen LogP contribution in [0.3, 0.4) is 0 Å². The number of carbonyl (C=O) groups excluding carboxylic acids is 1. The molecule has 0 atom stereocenters. The first-order valence-electron chi connectivity index (χ1n) is 8.05. The van der Waals surface area contributed by atoms with Gasteiger partial charge in [-0.05, 0) is 55.0 Å². The number of hydrogen-bond donors (Lipinski definition) is 2. The first-order valence-corrected chi connectivity index (χ1v) is 9.72. The molecule has 5 nitrogen and oxygen atoms in total. The van der Waals surface area contributed by atoms with Crippen molar-refractivity contribution in [1.29, 1.82) is 0 Å². The molecule has 0 radical (unpaired) electrons. The summed E-state index contributed by atoms with van der Waals surface area (Å²) in [6.07, 6.45) is 0. The molecule has 3 rings (SSSR count). The maximum absolute atomic E-state index is 13.9. The molecule has 0 aliphatic carbocycles. The number of methoxy groups -OCH3 is 1. The number of benzene rings is 2. The smallest absolute Gasteiger partial charge is 0.257 e. The molecule has 1 aromatic heterocycles. The van der Waals surface area contributed by atoms with Crippen molar-refractivity contribution in [2.24, 2.45) is 0 Å². The molecule has 0 aliphatic heterocycles. The zero-order valence-corrected chi connectivity index (χ0v) is 17.3. The standard InChI is InChI=1S/C19H15ClFN3O2S2/c1-10-3-4-12(7-13(10)20)17(25)23-18(27)24-19-22-15(9-28-19)11-5-6-16(26-2)14(21)8-11/h3-9H,1-2H3,(H2,22,23,24,25,27). The molecule has 0 saturated heterocycles. The van der Waals surface area contributed by atoms with Crippen molar-refractivity contribution < 1.29 is 13.9 Å². The normalized spacial score (nSPS) is 10.4. The number of hydrogen-bond acceptors (Lipinski definition) is 5. The van der Waals surface area contributed by atoms with Gasteiger partial charge in [-0.15, -0.1) is 11.3 Å². The number of aromatic nitrogens is 1. The predicted molar refractivity (Wildman–Crippen MR) is 114 cm³/mol. The molecule has 0 saturated carbocycles. The Morgan fingerprint density at radius 3 is 2.75 bits per heavy atom. The minimum absolute atomic E-state index is 0.100. The third kappa shape index (κ3) is 4.64. The fourth-order valence-electron chi connectivity index (χ4n) is 2.33. The zero-order valence-electron chi connectivity index (χ0n) is 14.9. The second-order valence-corrected chi connectivity index (χ2v) is 7.43. The molecule has 0 unspecified atom stereocenters. The van der Waals surface area contributed by atoms with E-state index >= 15 is 0 Å². The number of rotatable bonds is 4. The summed E-state index contributed by atoms with van der Waals surface area (Å²) < 4.78 is 18.8. The summed E-state index contributed by atoms with van der Waals surface area (Å²) in [4.78, 5) is 16.6. The van der Waals surface area contributed by atoms with Crippen LogP contribution in [0.2, 0.25) is 5.02 Å². The Kier molecular flexibility index (Phi) is 6.23. The summed E-state index contributed by atoms with van der Waals surface area (Å²) in [5.74, 6) is -0.687. The minimum atomic E-state index is -0.470. The highest BCUT2D eigenvalue weighted by molar-refractivity contribution is 7.80. The van der Waals surface area contributed by atoms with E-state index in [9.17, 15) is 9.18 Å². The number of carbonyl (C=O) groups is 1.